The lowest BCUT2D eigenvalue weighted by molar-refractivity contribution is -0.140. The van der Waals surface area contributed by atoms with Gasteiger partial charge in [0.2, 0.25) is 5.91 Å². The fourth-order valence-electron chi connectivity index (χ4n) is 4.33. The highest BCUT2D eigenvalue weighted by Crippen LogP contribution is 2.32. The molecule has 2 aromatic heterocycles. The molecule has 13 heteroatoms. The molecule has 0 saturated carbocycles. The third-order valence-electron chi connectivity index (χ3n) is 6.28. The third-order valence-corrected chi connectivity index (χ3v) is 6.80. The fraction of sp³-hybridized carbons (Fsp3) is 0.185. The number of hydrogen-bond acceptors (Lipinski definition) is 10. The molecular formula is C27H23N5O7S. The van der Waals surface area contributed by atoms with Gasteiger partial charge in [0.1, 0.15) is 29.5 Å². The summed E-state index contributed by atoms with van der Waals surface area (Å²) in [6.07, 6.45) is 1.43. The highest BCUT2D eigenvalue weighted by molar-refractivity contribution is 7.03. The van der Waals surface area contributed by atoms with Gasteiger partial charge in [0.05, 0.1) is 43.8 Å². The Morgan fingerprint density at radius 2 is 1.80 bits per heavy atom. The molecule has 1 aliphatic heterocycles. The topological polar surface area (TPSA) is 144 Å². The van der Waals surface area contributed by atoms with E-state index in [4.69, 9.17) is 13.9 Å². The van der Waals surface area contributed by atoms with Gasteiger partial charge in [-0.1, -0.05) is 16.6 Å². The molecule has 1 N–H and O–H groups in total. The van der Waals surface area contributed by atoms with Crippen molar-refractivity contribution in [1.29, 1.82) is 0 Å². The SMILES string of the molecule is COc1ccc(NC(=O)[C@H](c2csnn2)N(Cc2ccco2)C(=O)CN2C(=O)c3ccccc3C2=O)c(OC)c1. The molecule has 4 aromatic rings. The van der Waals surface area contributed by atoms with E-state index in [0.29, 0.717) is 22.9 Å². The van der Waals surface area contributed by atoms with Gasteiger partial charge in [0, 0.05) is 11.4 Å². The summed E-state index contributed by atoms with van der Waals surface area (Å²) in [5, 5.41) is 8.39. The molecule has 2 aromatic carbocycles. The summed E-state index contributed by atoms with van der Waals surface area (Å²) in [6, 6.07) is 13.2. The van der Waals surface area contributed by atoms with Gasteiger partial charge in [-0.2, -0.15) is 0 Å². The number of hydrogen-bond donors (Lipinski definition) is 1. The molecule has 0 aliphatic carbocycles. The zero-order chi connectivity index (χ0) is 28.2. The van der Waals surface area contributed by atoms with Crippen LogP contribution < -0.4 is 14.8 Å². The van der Waals surface area contributed by atoms with Gasteiger partial charge in [0.25, 0.3) is 17.7 Å². The van der Waals surface area contributed by atoms with Crippen molar-refractivity contribution < 1.29 is 33.1 Å². The first kappa shape index (κ1) is 26.6. The molecule has 0 spiro atoms. The zero-order valence-corrected chi connectivity index (χ0v) is 22.2. The number of fused-ring (bicyclic) bond motifs is 1. The number of aromatic nitrogens is 2. The Morgan fingerprint density at radius 1 is 1.05 bits per heavy atom. The minimum Gasteiger partial charge on any atom is -0.497 e. The Kier molecular flexibility index (Phi) is 7.55. The van der Waals surface area contributed by atoms with E-state index in [9.17, 15) is 19.2 Å². The summed E-state index contributed by atoms with van der Waals surface area (Å²) in [5.74, 6) is -1.27. The average molecular weight is 562 g/mol. The number of imide groups is 1. The van der Waals surface area contributed by atoms with Crippen LogP contribution in [0, 0.1) is 0 Å². The Bertz CT molecular complexity index is 1520. The Labute approximate surface area is 232 Å². The summed E-state index contributed by atoms with van der Waals surface area (Å²) in [5.41, 5.74) is 0.939. The minimum absolute atomic E-state index is 0.148. The average Bonchev–Trinajstić information content (AvgIpc) is 3.73. The predicted octanol–water partition coefficient (Wildman–Crippen LogP) is 3.15. The van der Waals surface area contributed by atoms with Crippen molar-refractivity contribution in [2.24, 2.45) is 0 Å². The number of benzene rings is 2. The largest absolute Gasteiger partial charge is 0.497 e. The second-order valence-electron chi connectivity index (χ2n) is 8.63. The number of carbonyl (C=O) groups is 4. The number of furan rings is 1. The van der Waals surface area contributed by atoms with E-state index in [2.05, 4.69) is 14.9 Å². The predicted molar refractivity (Wildman–Crippen MR) is 142 cm³/mol. The van der Waals surface area contributed by atoms with Gasteiger partial charge >= 0.3 is 0 Å². The third kappa shape index (κ3) is 5.14. The van der Waals surface area contributed by atoms with Crippen LogP contribution in [0.5, 0.6) is 11.5 Å². The second-order valence-corrected chi connectivity index (χ2v) is 9.24. The fourth-order valence-corrected chi connectivity index (χ4v) is 4.80. The number of carbonyl (C=O) groups excluding carboxylic acids is 4. The number of amides is 4. The van der Waals surface area contributed by atoms with E-state index in [1.54, 1.807) is 47.8 Å². The van der Waals surface area contributed by atoms with Gasteiger partial charge < -0.3 is 24.1 Å². The summed E-state index contributed by atoms with van der Waals surface area (Å²) >= 11 is 1.00. The maximum Gasteiger partial charge on any atom is 0.262 e. The molecule has 4 amide bonds. The van der Waals surface area contributed by atoms with Gasteiger partial charge in [0.15, 0.2) is 6.04 Å². The Hall–Kier alpha value is -5.04. The van der Waals surface area contributed by atoms with Crippen LogP contribution >= 0.6 is 11.5 Å². The van der Waals surface area contributed by atoms with Crippen LogP contribution in [0.2, 0.25) is 0 Å². The summed E-state index contributed by atoms with van der Waals surface area (Å²) in [4.78, 5) is 55.7. The number of nitrogens with zero attached hydrogens (tertiary/aromatic N) is 4. The Balaban J connectivity index is 1.48. The minimum atomic E-state index is -1.29. The summed E-state index contributed by atoms with van der Waals surface area (Å²) in [6.45, 7) is -0.745. The molecule has 0 unspecified atom stereocenters. The molecule has 0 radical (unpaired) electrons. The molecule has 0 saturated heterocycles. The van der Waals surface area contributed by atoms with Crippen LogP contribution in [0.25, 0.3) is 0 Å². The maximum absolute atomic E-state index is 13.8. The van der Waals surface area contributed by atoms with E-state index in [0.717, 1.165) is 16.4 Å². The molecule has 40 heavy (non-hydrogen) atoms. The highest BCUT2D eigenvalue weighted by Gasteiger charge is 2.40. The van der Waals surface area contributed by atoms with Crippen LogP contribution in [-0.2, 0) is 16.1 Å². The summed E-state index contributed by atoms with van der Waals surface area (Å²) in [7, 11) is 2.95. The summed E-state index contributed by atoms with van der Waals surface area (Å²) < 4.78 is 20.0. The van der Waals surface area contributed by atoms with Crippen molar-refractivity contribution in [1.82, 2.24) is 19.4 Å². The van der Waals surface area contributed by atoms with E-state index in [1.165, 1.54) is 37.5 Å². The first-order valence-corrected chi connectivity index (χ1v) is 12.8. The zero-order valence-electron chi connectivity index (χ0n) is 21.4. The molecule has 1 aliphatic rings. The van der Waals surface area contributed by atoms with Gasteiger partial charge in [-0.15, -0.1) is 5.10 Å². The van der Waals surface area contributed by atoms with E-state index in [-0.39, 0.29) is 23.4 Å². The van der Waals surface area contributed by atoms with Gasteiger partial charge in [-0.05, 0) is 47.9 Å². The smallest absolute Gasteiger partial charge is 0.262 e. The monoisotopic (exact) mass is 561 g/mol. The van der Waals surface area contributed by atoms with Crippen molar-refractivity contribution >= 4 is 40.8 Å². The van der Waals surface area contributed by atoms with Crippen LogP contribution in [0.1, 0.15) is 38.2 Å². The van der Waals surface area contributed by atoms with Crippen LogP contribution in [-0.4, -0.2) is 63.8 Å². The van der Waals surface area contributed by atoms with Crippen LogP contribution in [0.4, 0.5) is 5.69 Å². The second kappa shape index (κ2) is 11.4. The molecule has 0 fully saturated rings. The highest BCUT2D eigenvalue weighted by atomic mass is 32.1. The van der Waals surface area contributed by atoms with E-state index >= 15 is 0 Å². The lowest BCUT2D eigenvalue weighted by Crippen LogP contribution is -2.47. The van der Waals surface area contributed by atoms with E-state index in [1.807, 2.05) is 0 Å². The lowest BCUT2D eigenvalue weighted by atomic mass is 10.1. The maximum atomic E-state index is 13.8. The number of ether oxygens (including phenoxy) is 2. The van der Waals surface area contributed by atoms with Gasteiger partial charge in [-0.3, -0.25) is 24.1 Å². The number of nitrogens with one attached hydrogen (secondary N) is 1. The van der Waals surface area contributed by atoms with E-state index < -0.39 is 36.2 Å². The molecule has 5 rings (SSSR count). The van der Waals surface area contributed by atoms with Crippen molar-refractivity contribution in [3.8, 4) is 11.5 Å². The van der Waals surface area contributed by atoms with Gasteiger partial charge in [-0.25, -0.2) is 0 Å². The van der Waals surface area contributed by atoms with Crippen molar-refractivity contribution in [2.45, 2.75) is 12.6 Å². The van der Waals surface area contributed by atoms with Crippen molar-refractivity contribution in [3.05, 3.63) is 88.8 Å². The molecule has 12 nitrogen and oxygen atoms in total. The first-order chi connectivity index (χ1) is 19.4. The molecule has 1 atom stereocenters. The molecule has 3 heterocycles. The van der Waals surface area contributed by atoms with Crippen molar-refractivity contribution in [2.75, 3.05) is 26.1 Å². The van der Waals surface area contributed by atoms with Crippen LogP contribution in [0.15, 0.2) is 70.7 Å². The molecule has 204 valence electrons. The molecular weight excluding hydrogens is 538 g/mol. The standard InChI is InChI=1S/C27H23N5O7S/c1-37-16-9-10-20(22(12-16)38-2)28-25(34)24(21-15-40-30-29-21)31(13-17-6-5-11-39-17)23(33)14-32-26(35)18-7-3-4-8-19(18)27(32)36/h3-12,15,24H,13-14H2,1-2H3,(H,28,34)/t24-/m0/s1. The normalized spacial score (nSPS) is 13.1. The quantitative estimate of drug-likeness (QED) is 0.289. The van der Waals surface area contributed by atoms with Crippen molar-refractivity contribution in [3.63, 3.8) is 0 Å². The number of anilines is 1. The van der Waals surface area contributed by atoms with Crippen LogP contribution in [0.3, 0.4) is 0 Å². The lowest BCUT2D eigenvalue weighted by Gasteiger charge is -2.30. The number of rotatable bonds is 10. The Morgan fingerprint density at radius 3 is 2.40 bits per heavy atom. The molecule has 0 bridgehead atoms. The number of methoxy groups -OCH3 is 2. The first-order valence-electron chi connectivity index (χ1n) is 12.0.